The van der Waals surface area contributed by atoms with Gasteiger partial charge in [0.15, 0.2) is 6.61 Å². The Hall–Kier alpha value is -1.90. The lowest BCUT2D eigenvalue weighted by Gasteiger charge is -2.29. The third kappa shape index (κ3) is 5.58. The highest BCUT2D eigenvalue weighted by Gasteiger charge is 2.27. The van der Waals surface area contributed by atoms with Crippen molar-refractivity contribution in [3.63, 3.8) is 0 Å². The van der Waals surface area contributed by atoms with Gasteiger partial charge in [0, 0.05) is 23.2 Å². The molecule has 1 saturated heterocycles. The maximum absolute atomic E-state index is 12.8. The Morgan fingerprint density at radius 2 is 1.83 bits per heavy atom. The van der Waals surface area contributed by atoms with Crippen LogP contribution in [0.5, 0.6) is 5.75 Å². The SMILES string of the molecule is Cc1cc(OCC(=O)Nc2ccc(S(=O)(=O)N3CCC(C)CC3)cc2)ccc1Br. The summed E-state index contributed by atoms with van der Waals surface area (Å²) < 4.78 is 33.5. The molecule has 1 aliphatic heterocycles. The lowest BCUT2D eigenvalue weighted by Crippen LogP contribution is -2.37. The highest BCUT2D eigenvalue weighted by atomic mass is 79.9. The summed E-state index contributed by atoms with van der Waals surface area (Å²) in [5.74, 6) is 0.854. The molecule has 0 unspecified atom stereocenters. The number of piperidine rings is 1. The summed E-state index contributed by atoms with van der Waals surface area (Å²) in [6, 6.07) is 11.8. The first-order valence-corrected chi connectivity index (χ1v) is 11.8. The number of nitrogens with one attached hydrogen (secondary N) is 1. The van der Waals surface area contributed by atoms with Crippen LogP contribution in [0, 0.1) is 12.8 Å². The summed E-state index contributed by atoms with van der Waals surface area (Å²) >= 11 is 3.42. The lowest BCUT2D eigenvalue weighted by molar-refractivity contribution is -0.118. The standard InChI is InChI=1S/C21H25BrN2O4S/c1-15-9-11-24(12-10-15)29(26,27)19-6-3-17(4-7-19)23-21(25)14-28-18-5-8-20(22)16(2)13-18/h3-8,13,15H,9-12,14H2,1-2H3,(H,23,25). The average Bonchev–Trinajstić information content (AvgIpc) is 2.70. The van der Waals surface area contributed by atoms with E-state index < -0.39 is 10.0 Å². The molecule has 1 N–H and O–H groups in total. The van der Waals surface area contributed by atoms with Gasteiger partial charge >= 0.3 is 0 Å². The number of hydrogen-bond acceptors (Lipinski definition) is 4. The van der Waals surface area contributed by atoms with Crippen LogP contribution in [0.4, 0.5) is 5.69 Å². The summed E-state index contributed by atoms with van der Waals surface area (Å²) in [4.78, 5) is 12.4. The zero-order chi connectivity index (χ0) is 21.0. The van der Waals surface area contributed by atoms with Crippen molar-refractivity contribution in [1.82, 2.24) is 4.31 Å². The van der Waals surface area contributed by atoms with Gasteiger partial charge in [0.05, 0.1) is 4.90 Å². The molecule has 2 aromatic rings. The maximum atomic E-state index is 12.8. The number of benzene rings is 2. The summed E-state index contributed by atoms with van der Waals surface area (Å²) in [6.45, 7) is 5.05. The molecule has 0 bridgehead atoms. The third-order valence-corrected chi connectivity index (χ3v) is 7.82. The van der Waals surface area contributed by atoms with E-state index in [1.807, 2.05) is 19.1 Å². The minimum Gasteiger partial charge on any atom is -0.484 e. The van der Waals surface area contributed by atoms with E-state index in [2.05, 4.69) is 28.2 Å². The highest BCUT2D eigenvalue weighted by Crippen LogP contribution is 2.24. The van der Waals surface area contributed by atoms with Crippen molar-refractivity contribution in [2.45, 2.75) is 31.6 Å². The monoisotopic (exact) mass is 480 g/mol. The van der Waals surface area contributed by atoms with Crippen LogP contribution >= 0.6 is 15.9 Å². The van der Waals surface area contributed by atoms with E-state index in [9.17, 15) is 13.2 Å². The van der Waals surface area contributed by atoms with Crippen LogP contribution in [-0.2, 0) is 14.8 Å². The zero-order valence-corrected chi connectivity index (χ0v) is 18.9. The van der Waals surface area contributed by atoms with Gasteiger partial charge in [0.2, 0.25) is 10.0 Å². The van der Waals surface area contributed by atoms with Crippen LogP contribution < -0.4 is 10.1 Å². The van der Waals surface area contributed by atoms with Crippen LogP contribution in [0.1, 0.15) is 25.3 Å². The second-order valence-electron chi connectivity index (χ2n) is 7.36. The van der Waals surface area contributed by atoms with Gasteiger partial charge in [-0.05, 0) is 73.7 Å². The summed E-state index contributed by atoms with van der Waals surface area (Å²) in [5.41, 5.74) is 1.54. The third-order valence-electron chi connectivity index (χ3n) is 5.02. The van der Waals surface area contributed by atoms with E-state index >= 15 is 0 Å². The van der Waals surface area contributed by atoms with Gasteiger partial charge in [0.25, 0.3) is 5.91 Å². The number of halogens is 1. The minimum atomic E-state index is -3.49. The fourth-order valence-electron chi connectivity index (χ4n) is 3.14. The van der Waals surface area contributed by atoms with Gasteiger partial charge in [-0.15, -0.1) is 0 Å². The number of amides is 1. The van der Waals surface area contributed by atoms with E-state index in [0.717, 1.165) is 22.9 Å². The Morgan fingerprint density at radius 3 is 2.45 bits per heavy atom. The molecule has 0 radical (unpaired) electrons. The van der Waals surface area contributed by atoms with Crippen LogP contribution in [0.3, 0.4) is 0 Å². The smallest absolute Gasteiger partial charge is 0.262 e. The molecule has 0 aliphatic carbocycles. The largest absolute Gasteiger partial charge is 0.484 e. The molecule has 1 heterocycles. The number of aryl methyl sites for hydroxylation is 1. The number of rotatable bonds is 6. The molecular formula is C21H25BrN2O4S. The van der Waals surface area contributed by atoms with Crippen molar-refractivity contribution in [1.29, 1.82) is 0 Å². The number of anilines is 1. The zero-order valence-electron chi connectivity index (χ0n) is 16.5. The molecule has 0 spiro atoms. The molecule has 8 heteroatoms. The molecule has 156 valence electrons. The molecule has 0 aromatic heterocycles. The molecule has 1 amide bonds. The van der Waals surface area contributed by atoms with E-state index in [4.69, 9.17) is 4.74 Å². The molecule has 3 rings (SSSR count). The molecule has 2 aromatic carbocycles. The van der Waals surface area contributed by atoms with Crippen molar-refractivity contribution in [2.24, 2.45) is 5.92 Å². The van der Waals surface area contributed by atoms with Crippen molar-refractivity contribution in [3.05, 3.63) is 52.5 Å². The van der Waals surface area contributed by atoms with Crippen molar-refractivity contribution >= 4 is 37.5 Å². The molecular weight excluding hydrogens is 456 g/mol. The number of ether oxygens (including phenoxy) is 1. The van der Waals surface area contributed by atoms with E-state index in [0.29, 0.717) is 30.4 Å². The summed E-state index contributed by atoms with van der Waals surface area (Å²) in [6.07, 6.45) is 1.76. The summed E-state index contributed by atoms with van der Waals surface area (Å²) in [5, 5.41) is 2.72. The fourth-order valence-corrected chi connectivity index (χ4v) is 4.85. The normalized spacial score (nSPS) is 15.8. The fraction of sp³-hybridized carbons (Fsp3) is 0.381. The van der Waals surface area contributed by atoms with E-state index in [1.54, 1.807) is 18.2 Å². The lowest BCUT2D eigenvalue weighted by atomic mass is 10.0. The van der Waals surface area contributed by atoms with Gasteiger partial charge in [0.1, 0.15) is 5.75 Å². The topological polar surface area (TPSA) is 75.7 Å². The van der Waals surface area contributed by atoms with Crippen LogP contribution in [0.25, 0.3) is 0 Å². The molecule has 6 nitrogen and oxygen atoms in total. The van der Waals surface area contributed by atoms with Crippen LogP contribution in [0.15, 0.2) is 51.8 Å². The van der Waals surface area contributed by atoms with Gasteiger partial charge in [-0.3, -0.25) is 4.79 Å². The molecule has 29 heavy (non-hydrogen) atoms. The molecule has 1 aliphatic rings. The Bertz CT molecular complexity index is 969. The Labute approximate surface area is 180 Å². The quantitative estimate of drug-likeness (QED) is 0.671. The number of nitrogens with zero attached hydrogens (tertiary/aromatic N) is 1. The Morgan fingerprint density at radius 1 is 1.17 bits per heavy atom. The molecule has 0 atom stereocenters. The predicted molar refractivity (Wildman–Crippen MR) is 117 cm³/mol. The number of sulfonamides is 1. The number of carbonyl (C=O) groups excluding carboxylic acids is 1. The van der Waals surface area contributed by atoms with Crippen LogP contribution in [-0.4, -0.2) is 38.3 Å². The number of hydrogen-bond donors (Lipinski definition) is 1. The second-order valence-corrected chi connectivity index (χ2v) is 10.2. The van der Waals surface area contributed by atoms with E-state index in [1.165, 1.54) is 16.4 Å². The average molecular weight is 481 g/mol. The first-order valence-electron chi connectivity index (χ1n) is 9.55. The Kier molecular flexibility index (Phi) is 6.97. The van der Waals surface area contributed by atoms with Gasteiger partial charge < -0.3 is 10.1 Å². The molecule has 0 saturated carbocycles. The van der Waals surface area contributed by atoms with Crippen LogP contribution in [0.2, 0.25) is 0 Å². The van der Waals surface area contributed by atoms with Crippen molar-refractivity contribution in [3.8, 4) is 5.75 Å². The minimum absolute atomic E-state index is 0.132. The van der Waals surface area contributed by atoms with Gasteiger partial charge in [-0.1, -0.05) is 22.9 Å². The number of carbonyl (C=O) groups is 1. The highest BCUT2D eigenvalue weighted by molar-refractivity contribution is 9.10. The van der Waals surface area contributed by atoms with Crippen molar-refractivity contribution in [2.75, 3.05) is 25.0 Å². The van der Waals surface area contributed by atoms with E-state index in [-0.39, 0.29) is 17.4 Å². The predicted octanol–water partition coefficient (Wildman–Crippen LogP) is 4.20. The second kappa shape index (κ2) is 9.28. The van der Waals surface area contributed by atoms with Gasteiger partial charge in [-0.2, -0.15) is 4.31 Å². The van der Waals surface area contributed by atoms with Gasteiger partial charge in [-0.25, -0.2) is 8.42 Å². The first-order chi connectivity index (χ1) is 13.8. The summed E-state index contributed by atoms with van der Waals surface area (Å²) in [7, 11) is -3.49. The first kappa shape index (κ1) is 21.8. The molecule has 1 fully saturated rings. The van der Waals surface area contributed by atoms with Crippen molar-refractivity contribution < 1.29 is 17.9 Å². The Balaban J connectivity index is 1.57. The maximum Gasteiger partial charge on any atom is 0.262 e.